The zero-order chi connectivity index (χ0) is 59.9. The molecule has 0 saturated carbocycles. The largest absolute Gasteiger partial charge is 0.455 e. The van der Waals surface area contributed by atoms with Crippen molar-refractivity contribution in [2.45, 2.75) is 0 Å². The van der Waals surface area contributed by atoms with Crippen molar-refractivity contribution < 1.29 is 15.7 Å². The maximum absolute atomic E-state index is 8.79. The summed E-state index contributed by atoms with van der Waals surface area (Å²) in [6, 6.07) is 97.9. The smallest absolute Gasteiger partial charge is 0.143 e. The molecule has 392 valence electrons. The molecule has 0 saturated heterocycles. The number of fused-ring (bicyclic) bond motifs is 10. The van der Waals surface area contributed by atoms with Crippen molar-refractivity contribution in [2.75, 3.05) is 0 Å². The summed E-state index contributed by atoms with van der Waals surface area (Å²) in [6.45, 7) is 0. The first-order chi connectivity index (χ1) is 43.8. The first-order valence-corrected chi connectivity index (χ1v) is 28.4. The lowest BCUT2D eigenvalue weighted by Gasteiger charge is -2.17. The first kappa shape index (κ1) is 43.7. The van der Waals surface area contributed by atoms with Crippen LogP contribution in [0, 0.1) is 0 Å². The minimum Gasteiger partial charge on any atom is -0.455 e. The second-order valence-electron chi connectivity index (χ2n) is 21.3. The normalized spacial score (nSPS) is 12.4. The van der Waals surface area contributed by atoms with Gasteiger partial charge in [-0.05, 0) is 134 Å². The van der Waals surface area contributed by atoms with E-state index in [0.717, 1.165) is 98.8 Å². The molecule has 0 radical (unpaired) electrons. The van der Waals surface area contributed by atoms with E-state index in [9.17, 15) is 0 Å². The van der Waals surface area contributed by atoms with Crippen LogP contribution in [-0.2, 0) is 0 Å². The second kappa shape index (κ2) is 20.5. The van der Waals surface area contributed by atoms with Crippen LogP contribution in [0.1, 0.15) is 6.85 Å². The van der Waals surface area contributed by atoms with Gasteiger partial charge in [0.05, 0.1) is 6.85 Å². The van der Waals surface area contributed by atoms with Gasteiger partial charge in [-0.3, -0.25) is 0 Å². The Bertz CT molecular complexity index is 5510. The van der Waals surface area contributed by atoms with E-state index < -0.39 is 6.04 Å². The van der Waals surface area contributed by atoms with E-state index in [2.05, 4.69) is 212 Å². The molecule has 0 N–H and O–H groups in total. The van der Waals surface area contributed by atoms with Gasteiger partial charge in [0, 0.05) is 32.7 Å². The zero-order valence-electron chi connectivity index (χ0n) is 50.5. The van der Waals surface area contributed by atoms with Crippen molar-refractivity contribution >= 4 is 87.0 Å². The van der Waals surface area contributed by atoms with Crippen LogP contribution in [-0.4, -0.2) is 0 Å². The van der Waals surface area contributed by atoms with E-state index in [4.69, 9.17) is 15.7 Å². The predicted octanol–water partition coefficient (Wildman–Crippen LogP) is 23.5. The summed E-state index contributed by atoms with van der Waals surface area (Å²) in [5.41, 5.74) is 18.1. The van der Waals surface area contributed by atoms with Crippen LogP contribution in [0.5, 0.6) is 0 Å². The summed E-state index contributed by atoms with van der Waals surface area (Å²) < 4.78 is 55.5. The number of furan rings is 2. The molecular weight excluding hydrogens is 1020 g/mol. The lowest BCUT2D eigenvalue weighted by molar-refractivity contribution is 0.669. The zero-order valence-corrected chi connectivity index (χ0v) is 45.5. The van der Waals surface area contributed by atoms with E-state index in [1.807, 2.05) is 72.8 Å². The Balaban J connectivity index is 0.000000143. The summed E-state index contributed by atoms with van der Waals surface area (Å²) in [7, 11) is 0. The number of rotatable bonds is 7. The van der Waals surface area contributed by atoms with Crippen LogP contribution in [0.4, 0.5) is 0 Å². The molecule has 0 amide bonds. The maximum atomic E-state index is 8.79. The summed E-state index contributed by atoms with van der Waals surface area (Å²) in [6.07, 6.45) is 0. The predicted molar refractivity (Wildman–Crippen MR) is 356 cm³/mol. The Morgan fingerprint density at radius 1 is 0.202 bits per heavy atom. The molecule has 0 bridgehead atoms. The molecule has 0 aliphatic rings. The van der Waals surface area contributed by atoms with Crippen LogP contribution >= 0.6 is 0 Å². The fourth-order valence-electron chi connectivity index (χ4n) is 12.9. The number of hydrogen-bond donors (Lipinski definition) is 0. The van der Waals surface area contributed by atoms with E-state index in [1.165, 1.54) is 54.9 Å². The molecular formula is C82H52O2. The average molecular weight is 1070 g/mol. The Hall–Kier alpha value is -11.1. The Morgan fingerprint density at radius 2 is 0.500 bits per heavy atom. The van der Waals surface area contributed by atoms with Gasteiger partial charge in [0.1, 0.15) is 22.3 Å². The third kappa shape index (κ3) is 8.26. The van der Waals surface area contributed by atoms with Gasteiger partial charge < -0.3 is 8.83 Å². The summed E-state index contributed by atoms with van der Waals surface area (Å²) in [5.74, 6) is 0. The first-order valence-electron chi connectivity index (χ1n) is 30.9. The minimum atomic E-state index is -0.398. The van der Waals surface area contributed by atoms with Crippen molar-refractivity contribution in [3.63, 3.8) is 0 Å². The van der Waals surface area contributed by atoms with Gasteiger partial charge in [-0.1, -0.05) is 291 Å². The molecule has 84 heavy (non-hydrogen) atoms. The average Bonchev–Trinajstić information content (AvgIpc) is 2.50. The highest BCUT2D eigenvalue weighted by molar-refractivity contribution is 6.24. The molecule has 2 nitrogen and oxygen atoms in total. The van der Waals surface area contributed by atoms with Crippen molar-refractivity contribution in [2.24, 2.45) is 0 Å². The van der Waals surface area contributed by atoms with Crippen LogP contribution < -0.4 is 0 Å². The number of hydrogen-bond acceptors (Lipinski definition) is 2. The van der Waals surface area contributed by atoms with E-state index in [0.29, 0.717) is 5.56 Å². The topological polar surface area (TPSA) is 26.3 Å². The van der Waals surface area contributed by atoms with Gasteiger partial charge in [0.25, 0.3) is 0 Å². The van der Waals surface area contributed by atoms with Crippen LogP contribution in [0.2, 0.25) is 0 Å². The van der Waals surface area contributed by atoms with Crippen molar-refractivity contribution in [1.29, 1.82) is 0 Å². The summed E-state index contributed by atoms with van der Waals surface area (Å²) in [4.78, 5) is 0. The molecule has 0 atom stereocenters. The molecule has 0 aliphatic heterocycles. The standard InChI is InChI=1S/C44H28O.C38H24O/c1-3-12-29(13-4-1)30-22-24-31(25-23-30)34-20-11-21-39-40-28-33(26-27-41(40)45-44(34)39)43-37-18-9-7-16-35(37)42(32-14-5-2-6-15-32)36-17-8-10-19-38(36)43;1-3-12-25(13-4-1)28-20-11-21-33-34-24-27(22-23-35(34)39-38(28)33)37-31-18-9-7-16-29(31)36(26-14-5-2-6-15-26)30-17-8-10-19-32(30)37/h1-28H;1-24H/i;2D,5D,6D,14D,15D. The Labute approximate surface area is 493 Å². The van der Waals surface area contributed by atoms with Gasteiger partial charge in [-0.25, -0.2) is 0 Å². The van der Waals surface area contributed by atoms with E-state index in [-0.39, 0.29) is 29.7 Å². The Morgan fingerprint density at radius 3 is 0.917 bits per heavy atom. The lowest BCUT2D eigenvalue weighted by Crippen LogP contribution is -1.90. The number of benzene rings is 15. The SMILES string of the molecule is [2H]c1c([2H])c([2H])c(-c2c3ccccc3c(-c3ccc4oc5c(-c6ccccc6)cccc5c4c3)c3ccccc23)c([2H])c1[2H].c1ccc(-c2ccc(-c3cccc4c3oc3ccc(-c5c6ccccc6c(-c6ccccc6)c6ccccc56)cc34)cc2)cc1. The number of para-hydroxylation sites is 2. The molecule has 0 aliphatic carbocycles. The molecule has 0 fully saturated rings. The summed E-state index contributed by atoms with van der Waals surface area (Å²) >= 11 is 0. The van der Waals surface area contributed by atoms with Gasteiger partial charge in [0.2, 0.25) is 0 Å². The van der Waals surface area contributed by atoms with Crippen molar-refractivity contribution in [1.82, 2.24) is 0 Å². The van der Waals surface area contributed by atoms with E-state index in [1.54, 1.807) is 0 Å². The van der Waals surface area contributed by atoms with Gasteiger partial charge in [-0.15, -0.1) is 0 Å². The fraction of sp³-hybridized carbons (Fsp3) is 0. The van der Waals surface area contributed by atoms with E-state index >= 15 is 0 Å². The van der Waals surface area contributed by atoms with Gasteiger partial charge in [-0.2, -0.15) is 0 Å². The molecule has 0 spiro atoms. The van der Waals surface area contributed by atoms with Crippen LogP contribution in [0.3, 0.4) is 0 Å². The Kier molecular flexibility index (Phi) is 10.7. The summed E-state index contributed by atoms with van der Waals surface area (Å²) in [5, 5.41) is 12.8. The lowest BCUT2D eigenvalue weighted by atomic mass is 9.86. The highest BCUT2D eigenvalue weighted by Crippen LogP contribution is 2.48. The molecule has 0 unspecified atom stereocenters. The maximum Gasteiger partial charge on any atom is 0.143 e. The van der Waals surface area contributed by atoms with Crippen molar-refractivity contribution in [3.05, 3.63) is 315 Å². The molecule has 2 aromatic heterocycles. The van der Waals surface area contributed by atoms with Gasteiger partial charge in [0.15, 0.2) is 0 Å². The van der Waals surface area contributed by atoms with Gasteiger partial charge >= 0.3 is 0 Å². The quantitative estimate of drug-likeness (QED) is 0.149. The third-order valence-corrected chi connectivity index (χ3v) is 16.6. The van der Waals surface area contributed by atoms with Crippen LogP contribution in [0.25, 0.3) is 165 Å². The molecule has 17 aromatic rings. The highest BCUT2D eigenvalue weighted by atomic mass is 16.3. The third-order valence-electron chi connectivity index (χ3n) is 16.6. The van der Waals surface area contributed by atoms with Crippen molar-refractivity contribution in [3.8, 4) is 77.9 Å². The molecule has 17 rings (SSSR count). The van der Waals surface area contributed by atoms with Crippen LogP contribution in [0.15, 0.2) is 324 Å². The fourth-order valence-corrected chi connectivity index (χ4v) is 12.9. The second-order valence-corrected chi connectivity index (χ2v) is 21.3. The molecule has 2 heteroatoms. The minimum absolute atomic E-state index is 0.208. The molecule has 15 aromatic carbocycles. The monoisotopic (exact) mass is 1070 g/mol. The highest BCUT2D eigenvalue weighted by Gasteiger charge is 2.21. The molecule has 2 heterocycles.